The molecule has 6 N–H and O–H groups in total. The zero-order valence-corrected chi connectivity index (χ0v) is 15.7. The molecule has 0 bridgehead atoms. The van der Waals surface area contributed by atoms with Crippen molar-refractivity contribution in [3.63, 3.8) is 0 Å². The average molecular weight is 371 g/mol. The van der Waals surface area contributed by atoms with E-state index in [-0.39, 0.29) is 0 Å². The number of thiocarbonyl (C=S) groups is 2. The molecular weight excluding hydrogens is 344 g/mol. The first-order valence-electron chi connectivity index (χ1n) is 8.08. The van der Waals surface area contributed by atoms with Gasteiger partial charge < -0.3 is 10.6 Å². The van der Waals surface area contributed by atoms with Crippen molar-refractivity contribution in [1.82, 2.24) is 31.5 Å². The highest BCUT2D eigenvalue weighted by Crippen LogP contribution is 2.03. The Balaban J connectivity index is 2.32. The van der Waals surface area contributed by atoms with E-state index in [4.69, 9.17) is 24.4 Å². The van der Waals surface area contributed by atoms with Crippen LogP contribution in [0.4, 0.5) is 11.8 Å². The van der Waals surface area contributed by atoms with Crippen LogP contribution in [-0.4, -0.2) is 33.3 Å². The summed E-state index contributed by atoms with van der Waals surface area (Å²) in [6.45, 7) is 5.93. The summed E-state index contributed by atoms with van der Waals surface area (Å²) in [5.41, 5.74) is 11.5. The van der Waals surface area contributed by atoms with E-state index in [1.165, 1.54) is 0 Å². The molecule has 1 rings (SSSR count). The standard InChI is InChI=1S/C14H26N8S2/c1-3-5-8-16-13(23)21-19-11-7-10-15-12(18-11)20-22-14(24)17-9-6-4-2/h7,10H,3-6,8-9H2,1-2H3,(H2,16,21,23)(H2,17,22,24)(H2,15,18,19,20). The molecule has 0 saturated carbocycles. The van der Waals surface area contributed by atoms with Crippen molar-refractivity contribution in [3.8, 4) is 0 Å². The summed E-state index contributed by atoms with van der Waals surface area (Å²) in [5, 5.41) is 7.20. The van der Waals surface area contributed by atoms with Crippen LogP contribution < -0.4 is 32.3 Å². The number of anilines is 2. The van der Waals surface area contributed by atoms with Gasteiger partial charge in [-0.3, -0.25) is 21.7 Å². The monoisotopic (exact) mass is 370 g/mol. The number of unbranched alkanes of at least 4 members (excludes halogenated alkanes) is 2. The maximum Gasteiger partial charge on any atom is 0.243 e. The summed E-state index contributed by atoms with van der Waals surface area (Å²) in [5.74, 6) is 0.977. The Morgan fingerprint density at radius 2 is 1.54 bits per heavy atom. The predicted octanol–water partition coefficient (Wildman–Crippen LogP) is 1.66. The fourth-order valence-corrected chi connectivity index (χ4v) is 1.87. The summed E-state index contributed by atoms with van der Waals surface area (Å²) < 4.78 is 0. The second-order valence-corrected chi connectivity index (χ2v) is 5.80. The highest BCUT2D eigenvalue weighted by molar-refractivity contribution is 7.80. The average Bonchev–Trinajstić information content (AvgIpc) is 2.59. The van der Waals surface area contributed by atoms with E-state index in [9.17, 15) is 0 Å². The zero-order chi connectivity index (χ0) is 17.6. The Labute approximate surface area is 153 Å². The number of hydrogen-bond acceptors (Lipinski definition) is 6. The molecule has 8 nitrogen and oxygen atoms in total. The molecule has 24 heavy (non-hydrogen) atoms. The third kappa shape index (κ3) is 9.26. The van der Waals surface area contributed by atoms with Crippen LogP contribution in [-0.2, 0) is 0 Å². The highest BCUT2D eigenvalue weighted by atomic mass is 32.1. The molecule has 0 fully saturated rings. The molecule has 10 heteroatoms. The lowest BCUT2D eigenvalue weighted by molar-refractivity contribution is 0.747. The fraction of sp³-hybridized carbons (Fsp3) is 0.571. The summed E-state index contributed by atoms with van der Waals surface area (Å²) in [7, 11) is 0. The van der Waals surface area contributed by atoms with Gasteiger partial charge in [-0.1, -0.05) is 26.7 Å². The van der Waals surface area contributed by atoms with Gasteiger partial charge in [-0.25, -0.2) is 4.98 Å². The number of aromatic nitrogens is 2. The smallest absolute Gasteiger partial charge is 0.243 e. The van der Waals surface area contributed by atoms with Gasteiger partial charge in [0.1, 0.15) is 5.82 Å². The van der Waals surface area contributed by atoms with Gasteiger partial charge in [0.05, 0.1) is 0 Å². The molecule has 1 aromatic rings. The molecule has 1 aromatic heterocycles. The zero-order valence-electron chi connectivity index (χ0n) is 14.1. The van der Waals surface area contributed by atoms with Crippen molar-refractivity contribution < 1.29 is 0 Å². The lowest BCUT2D eigenvalue weighted by Gasteiger charge is -2.13. The Bertz CT molecular complexity index is 470. The number of nitrogens with zero attached hydrogens (tertiary/aromatic N) is 2. The van der Waals surface area contributed by atoms with E-state index in [1.54, 1.807) is 12.3 Å². The second-order valence-electron chi connectivity index (χ2n) is 4.98. The van der Waals surface area contributed by atoms with Gasteiger partial charge in [0.25, 0.3) is 0 Å². The maximum absolute atomic E-state index is 5.15. The molecule has 134 valence electrons. The first-order chi connectivity index (χ1) is 11.7. The van der Waals surface area contributed by atoms with Gasteiger partial charge in [-0.05, 0) is 37.3 Å². The third-order valence-corrected chi connectivity index (χ3v) is 3.37. The highest BCUT2D eigenvalue weighted by Gasteiger charge is 2.01. The number of rotatable bonds is 10. The molecule has 0 atom stereocenters. The van der Waals surface area contributed by atoms with Crippen LogP contribution in [0, 0.1) is 0 Å². The van der Waals surface area contributed by atoms with E-state index in [2.05, 4.69) is 56.2 Å². The summed E-state index contributed by atoms with van der Waals surface area (Å²) in [6.07, 6.45) is 5.99. The van der Waals surface area contributed by atoms with Crippen LogP contribution >= 0.6 is 24.4 Å². The Morgan fingerprint density at radius 3 is 2.12 bits per heavy atom. The maximum atomic E-state index is 5.15. The van der Waals surface area contributed by atoms with Gasteiger partial charge in [-0.2, -0.15) is 4.98 Å². The number of nitrogens with one attached hydrogen (secondary N) is 6. The van der Waals surface area contributed by atoms with Crippen molar-refractivity contribution in [2.45, 2.75) is 39.5 Å². The minimum absolute atomic E-state index is 0.395. The van der Waals surface area contributed by atoms with Crippen LogP contribution in [0.15, 0.2) is 12.3 Å². The molecule has 0 radical (unpaired) electrons. The second kappa shape index (κ2) is 12.5. The molecular formula is C14H26N8S2. The van der Waals surface area contributed by atoms with Crippen molar-refractivity contribution in [2.75, 3.05) is 23.9 Å². The third-order valence-electron chi connectivity index (χ3n) is 2.88. The number of hydrogen-bond donors (Lipinski definition) is 6. The Kier molecular flexibility index (Phi) is 10.5. The molecule has 0 aliphatic carbocycles. The Morgan fingerprint density at radius 1 is 0.958 bits per heavy atom. The molecule has 0 spiro atoms. The molecule has 0 unspecified atom stereocenters. The van der Waals surface area contributed by atoms with Crippen LogP contribution in [0.3, 0.4) is 0 Å². The van der Waals surface area contributed by atoms with Gasteiger partial charge in [-0.15, -0.1) is 0 Å². The van der Waals surface area contributed by atoms with E-state index >= 15 is 0 Å². The summed E-state index contributed by atoms with van der Waals surface area (Å²) in [4.78, 5) is 8.38. The first kappa shape index (κ1) is 20.1. The van der Waals surface area contributed by atoms with Gasteiger partial charge in [0.2, 0.25) is 5.95 Å². The summed E-state index contributed by atoms with van der Waals surface area (Å²) >= 11 is 10.3. The Hall–Kier alpha value is -1.94. The molecule has 0 amide bonds. The van der Waals surface area contributed by atoms with Gasteiger partial charge >= 0.3 is 0 Å². The van der Waals surface area contributed by atoms with Crippen molar-refractivity contribution in [1.29, 1.82) is 0 Å². The molecule has 0 aromatic carbocycles. The lowest BCUT2D eigenvalue weighted by Crippen LogP contribution is -2.40. The number of hydrazine groups is 2. The van der Waals surface area contributed by atoms with Crippen LogP contribution in [0.25, 0.3) is 0 Å². The normalized spacial score (nSPS) is 9.75. The van der Waals surface area contributed by atoms with Crippen LogP contribution in [0.5, 0.6) is 0 Å². The van der Waals surface area contributed by atoms with E-state index in [1.807, 2.05) is 0 Å². The topological polar surface area (TPSA) is 98.0 Å². The summed E-state index contributed by atoms with van der Waals surface area (Å²) in [6, 6.07) is 1.73. The van der Waals surface area contributed by atoms with Crippen LogP contribution in [0.2, 0.25) is 0 Å². The van der Waals surface area contributed by atoms with Crippen molar-refractivity contribution >= 4 is 46.4 Å². The van der Waals surface area contributed by atoms with Gasteiger partial charge in [0.15, 0.2) is 10.2 Å². The first-order valence-corrected chi connectivity index (χ1v) is 8.90. The largest absolute Gasteiger partial charge is 0.361 e. The molecule has 1 heterocycles. The van der Waals surface area contributed by atoms with Gasteiger partial charge in [0, 0.05) is 25.4 Å². The molecule has 0 aliphatic heterocycles. The van der Waals surface area contributed by atoms with E-state index in [0.29, 0.717) is 22.0 Å². The van der Waals surface area contributed by atoms with E-state index in [0.717, 1.165) is 38.8 Å². The quantitative estimate of drug-likeness (QED) is 0.207. The lowest BCUT2D eigenvalue weighted by atomic mass is 10.3. The minimum atomic E-state index is 0.395. The molecule has 0 saturated heterocycles. The predicted molar refractivity (Wildman–Crippen MR) is 107 cm³/mol. The van der Waals surface area contributed by atoms with Crippen LogP contribution in [0.1, 0.15) is 39.5 Å². The van der Waals surface area contributed by atoms with Crippen molar-refractivity contribution in [3.05, 3.63) is 12.3 Å². The van der Waals surface area contributed by atoms with Crippen molar-refractivity contribution in [2.24, 2.45) is 0 Å². The minimum Gasteiger partial charge on any atom is -0.361 e. The fourth-order valence-electron chi connectivity index (χ4n) is 1.57. The van der Waals surface area contributed by atoms with E-state index < -0.39 is 0 Å². The SMILES string of the molecule is CCCCNC(=S)NNc1ccnc(NNC(=S)NCCCC)n1. The molecule has 0 aliphatic rings.